The van der Waals surface area contributed by atoms with E-state index in [0.717, 1.165) is 28.6 Å². The van der Waals surface area contributed by atoms with E-state index in [4.69, 9.17) is 0 Å². The average Bonchev–Trinajstić information content (AvgIpc) is 2.81. The molecule has 3 aromatic rings. The summed E-state index contributed by atoms with van der Waals surface area (Å²) in [6, 6.07) is 10.6. The molecule has 2 aromatic heterocycles. The average molecular weight is 266 g/mol. The summed E-state index contributed by atoms with van der Waals surface area (Å²) in [4.78, 5) is 4.45. The van der Waals surface area contributed by atoms with Crippen LogP contribution < -0.4 is 0 Å². The van der Waals surface area contributed by atoms with Crippen molar-refractivity contribution in [2.75, 3.05) is 0 Å². The van der Waals surface area contributed by atoms with Crippen molar-refractivity contribution in [3.8, 4) is 0 Å². The number of nitrogens with zero attached hydrogens (tertiary/aromatic N) is 2. The highest BCUT2D eigenvalue weighted by Crippen LogP contribution is 2.21. The van der Waals surface area contributed by atoms with Gasteiger partial charge in [0, 0.05) is 18.9 Å². The summed E-state index contributed by atoms with van der Waals surface area (Å²) in [5.41, 5.74) is 4.33. The van der Waals surface area contributed by atoms with Crippen molar-refractivity contribution in [2.24, 2.45) is 0 Å². The van der Waals surface area contributed by atoms with E-state index in [1.54, 1.807) is 6.20 Å². The Morgan fingerprint density at radius 2 is 2.00 bits per heavy atom. The Morgan fingerprint density at radius 3 is 2.75 bits per heavy atom. The van der Waals surface area contributed by atoms with Crippen LogP contribution in [0.4, 0.5) is 4.39 Å². The molecule has 1 aromatic carbocycles. The highest BCUT2D eigenvalue weighted by atomic mass is 19.1. The van der Waals surface area contributed by atoms with Crippen LogP contribution in [0, 0.1) is 5.82 Å². The molecule has 20 heavy (non-hydrogen) atoms. The topological polar surface area (TPSA) is 17.8 Å². The van der Waals surface area contributed by atoms with Crippen molar-refractivity contribution in [2.45, 2.75) is 13.0 Å². The minimum absolute atomic E-state index is 0.208. The second-order valence-corrected chi connectivity index (χ2v) is 4.77. The number of allylic oxidation sites excluding steroid dienone is 1. The van der Waals surface area contributed by atoms with Crippen molar-refractivity contribution < 1.29 is 4.39 Å². The van der Waals surface area contributed by atoms with Gasteiger partial charge in [-0.25, -0.2) is 4.39 Å². The van der Waals surface area contributed by atoms with Gasteiger partial charge in [0.1, 0.15) is 5.82 Å². The normalized spacial score (nSPS) is 10.8. The molecule has 0 N–H and O–H groups in total. The number of fused-ring (bicyclic) bond motifs is 1. The maximum Gasteiger partial charge on any atom is 0.123 e. The van der Waals surface area contributed by atoms with E-state index < -0.39 is 0 Å². The van der Waals surface area contributed by atoms with Gasteiger partial charge in [-0.3, -0.25) is 4.98 Å². The van der Waals surface area contributed by atoms with Gasteiger partial charge >= 0.3 is 0 Å². The second kappa shape index (κ2) is 5.29. The van der Waals surface area contributed by atoms with Crippen molar-refractivity contribution in [3.05, 3.63) is 78.4 Å². The molecular formula is C17H15FN2. The first-order valence-electron chi connectivity index (χ1n) is 6.56. The lowest BCUT2D eigenvalue weighted by Crippen LogP contribution is -1.97. The highest BCUT2D eigenvalue weighted by molar-refractivity contribution is 5.79. The lowest BCUT2D eigenvalue weighted by molar-refractivity contribution is 0.626. The first-order valence-corrected chi connectivity index (χ1v) is 6.56. The molecular weight excluding hydrogens is 251 g/mol. The summed E-state index contributed by atoms with van der Waals surface area (Å²) >= 11 is 0. The van der Waals surface area contributed by atoms with Crippen LogP contribution in [0.3, 0.4) is 0 Å². The van der Waals surface area contributed by atoms with Gasteiger partial charge in [-0.05, 0) is 41.8 Å². The van der Waals surface area contributed by atoms with Crippen LogP contribution in [-0.4, -0.2) is 9.55 Å². The predicted molar refractivity (Wildman–Crippen MR) is 79.1 cm³/mol. The van der Waals surface area contributed by atoms with E-state index in [1.807, 2.05) is 24.3 Å². The van der Waals surface area contributed by atoms with Crippen molar-refractivity contribution in [1.29, 1.82) is 0 Å². The number of aromatic nitrogens is 2. The molecule has 0 aliphatic heterocycles. The number of hydrogen-bond acceptors (Lipinski definition) is 1. The second-order valence-electron chi connectivity index (χ2n) is 4.77. The Labute approximate surface area is 117 Å². The van der Waals surface area contributed by atoms with E-state index in [0.29, 0.717) is 6.54 Å². The fraction of sp³-hybridized carbons (Fsp3) is 0.118. The van der Waals surface area contributed by atoms with Crippen molar-refractivity contribution in [1.82, 2.24) is 9.55 Å². The van der Waals surface area contributed by atoms with Gasteiger partial charge in [0.25, 0.3) is 0 Å². The van der Waals surface area contributed by atoms with Crippen LogP contribution >= 0.6 is 0 Å². The molecule has 0 aliphatic rings. The molecule has 2 heterocycles. The van der Waals surface area contributed by atoms with Crippen LogP contribution in [0.5, 0.6) is 0 Å². The molecule has 0 unspecified atom stereocenters. The summed E-state index contributed by atoms with van der Waals surface area (Å²) < 4.78 is 15.1. The monoisotopic (exact) mass is 266 g/mol. The molecule has 0 bridgehead atoms. The van der Waals surface area contributed by atoms with Gasteiger partial charge in [-0.1, -0.05) is 18.2 Å². The molecule has 0 saturated heterocycles. The molecule has 0 spiro atoms. The van der Waals surface area contributed by atoms with Crippen molar-refractivity contribution >= 4 is 11.0 Å². The molecule has 0 fully saturated rings. The number of rotatable bonds is 4. The Bertz CT molecular complexity index is 741. The number of halogens is 1. The first kappa shape index (κ1) is 12.6. The zero-order valence-corrected chi connectivity index (χ0v) is 11.1. The number of benzene rings is 1. The van der Waals surface area contributed by atoms with Gasteiger partial charge in [-0.2, -0.15) is 0 Å². The molecule has 0 aliphatic carbocycles. The van der Waals surface area contributed by atoms with E-state index in [1.165, 1.54) is 12.1 Å². The largest absolute Gasteiger partial charge is 0.341 e. The van der Waals surface area contributed by atoms with E-state index >= 15 is 0 Å². The zero-order chi connectivity index (χ0) is 13.9. The molecule has 3 heteroatoms. The molecule has 3 rings (SSSR count). The Hall–Kier alpha value is -2.42. The molecule has 0 amide bonds. The molecule has 0 saturated carbocycles. The third kappa shape index (κ3) is 2.35. The van der Waals surface area contributed by atoms with Crippen LogP contribution in [0.15, 0.2) is 61.4 Å². The summed E-state index contributed by atoms with van der Waals surface area (Å²) in [6.07, 6.45) is 6.58. The van der Waals surface area contributed by atoms with Crippen molar-refractivity contribution in [3.63, 3.8) is 0 Å². The summed E-state index contributed by atoms with van der Waals surface area (Å²) in [6.45, 7) is 4.49. The third-order valence-electron chi connectivity index (χ3n) is 3.34. The minimum atomic E-state index is -0.208. The standard InChI is InChI=1S/C17H15FN2/c1-2-4-14-12-20(16-5-3-10-19-17(14)16)11-13-6-8-15(18)9-7-13/h2-3,5-10,12H,1,4,11H2. The van der Waals surface area contributed by atoms with Gasteiger partial charge in [-0.15, -0.1) is 6.58 Å². The summed E-state index contributed by atoms with van der Waals surface area (Å²) in [7, 11) is 0. The van der Waals surface area contributed by atoms with Crippen LogP contribution in [0.1, 0.15) is 11.1 Å². The van der Waals surface area contributed by atoms with E-state index in [-0.39, 0.29) is 5.82 Å². The van der Waals surface area contributed by atoms with Gasteiger partial charge < -0.3 is 4.57 Å². The molecule has 2 nitrogen and oxygen atoms in total. The number of pyridine rings is 1. The predicted octanol–water partition coefficient (Wildman–Crippen LogP) is 3.95. The summed E-state index contributed by atoms with van der Waals surface area (Å²) in [5, 5.41) is 0. The third-order valence-corrected chi connectivity index (χ3v) is 3.34. The molecule has 100 valence electrons. The fourth-order valence-corrected chi connectivity index (χ4v) is 2.42. The van der Waals surface area contributed by atoms with E-state index in [9.17, 15) is 4.39 Å². The van der Waals surface area contributed by atoms with Gasteiger partial charge in [0.15, 0.2) is 0 Å². The minimum Gasteiger partial charge on any atom is -0.341 e. The van der Waals surface area contributed by atoms with Crippen LogP contribution in [-0.2, 0) is 13.0 Å². The number of hydrogen-bond donors (Lipinski definition) is 0. The highest BCUT2D eigenvalue weighted by Gasteiger charge is 2.08. The van der Waals surface area contributed by atoms with Crippen LogP contribution in [0.25, 0.3) is 11.0 Å². The van der Waals surface area contributed by atoms with Gasteiger partial charge in [0.2, 0.25) is 0 Å². The zero-order valence-electron chi connectivity index (χ0n) is 11.1. The molecule has 0 radical (unpaired) electrons. The molecule has 0 atom stereocenters. The Balaban J connectivity index is 2.02. The smallest absolute Gasteiger partial charge is 0.123 e. The summed E-state index contributed by atoms with van der Waals surface area (Å²) in [5.74, 6) is -0.208. The Morgan fingerprint density at radius 1 is 1.20 bits per heavy atom. The lowest BCUT2D eigenvalue weighted by Gasteiger charge is -2.05. The first-order chi connectivity index (χ1) is 9.78. The maximum atomic E-state index is 13.0. The SMILES string of the molecule is C=CCc1cn(Cc2ccc(F)cc2)c2cccnc12. The van der Waals surface area contributed by atoms with Gasteiger partial charge in [0.05, 0.1) is 11.0 Å². The quantitative estimate of drug-likeness (QED) is 0.654. The fourth-order valence-electron chi connectivity index (χ4n) is 2.42. The van der Waals surface area contributed by atoms with E-state index in [2.05, 4.69) is 28.4 Å². The lowest BCUT2D eigenvalue weighted by atomic mass is 10.2. The maximum absolute atomic E-state index is 13.0. The Kier molecular flexibility index (Phi) is 3.33. The van der Waals surface area contributed by atoms with Crippen LogP contribution in [0.2, 0.25) is 0 Å².